The van der Waals surface area contributed by atoms with Gasteiger partial charge in [-0.3, -0.25) is 4.79 Å². The summed E-state index contributed by atoms with van der Waals surface area (Å²) in [5.41, 5.74) is 0.356. The Morgan fingerprint density at radius 1 is 1.40 bits per heavy atom. The Balaban J connectivity index is 2.72. The van der Waals surface area contributed by atoms with Crippen LogP contribution >= 0.6 is 15.9 Å². The lowest BCUT2D eigenvalue weighted by Gasteiger charge is -2.09. The summed E-state index contributed by atoms with van der Waals surface area (Å²) in [6, 6.07) is 4.00. The Labute approximate surface area is 92.2 Å². The summed E-state index contributed by atoms with van der Waals surface area (Å²) >= 11 is 3.04. The van der Waals surface area contributed by atoms with Gasteiger partial charge in [0.1, 0.15) is 5.75 Å². The average Bonchev–Trinajstić information content (AvgIpc) is 2.14. The Morgan fingerprint density at radius 2 is 2.07 bits per heavy atom. The second-order valence-electron chi connectivity index (χ2n) is 2.71. The number of halogens is 4. The summed E-state index contributed by atoms with van der Waals surface area (Å²) in [6.07, 6.45) is -3.77. The van der Waals surface area contributed by atoms with Crippen LogP contribution < -0.4 is 4.74 Å². The zero-order chi connectivity index (χ0) is 11.5. The molecule has 0 aliphatic heterocycles. The molecule has 0 spiro atoms. The first-order valence-corrected chi connectivity index (χ1v) is 4.66. The maximum absolute atomic E-state index is 11.8. The summed E-state index contributed by atoms with van der Waals surface area (Å²) in [5, 5.41) is 0. The minimum atomic E-state index is -4.37. The quantitative estimate of drug-likeness (QED) is 0.796. The number of carbonyl (C=O) groups excluding carboxylic acids is 1. The topological polar surface area (TPSA) is 26.3 Å². The fraction of sp³-hybridized carbons (Fsp3) is 0.222. The zero-order valence-electron chi connectivity index (χ0n) is 7.34. The van der Waals surface area contributed by atoms with Crippen LogP contribution in [0.5, 0.6) is 5.75 Å². The van der Waals surface area contributed by atoms with Gasteiger partial charge >= 0.3 is 6.18 Å². The molecule has 1 rings (SSSR count). The van der Waals surface area contributed by atoms with E-state index in [1.807, 2.05) is 0 Å². The van der Waals surface area contributed by atoms with Crippen molar-refractivity contribution in [2.75, 3.05) is 6.61 Å². The molecular formula is C9H6BrF3O2. The molecule has 82 valence electrons. The first kappa shape index (κ1) is 12.0. The molecule has 0 radical (unpaired) electrons. The lowest BCUT2D eigenvalue weighted by atomic mass is 10.2. The van der Waals surface area contributed by atoms with Gasteiger partial charge in [0.2, 0.25) is 0 Å². The number of hydrogen-bond acceptors (Lipinski definition) is 2. The van der Waals surface area contributed by atoms with Crippen molar-refractivity contribution in [1.82, 2.24) is 0 Å². The highest BCUT2D eigenvalue weighted by atomic mass is 79.9. The van der Waals surface area contributed by atoms with Crippen molar-refractivity contribution in [1.29, 1.82) is 0 Å². The normalized spacial score (nSPS) is 11.2. The lowest BCUT2D eigenvalue weighted by molar-refractivity contribution is -0.153. The number of aldehydes is 1. The number of alkyl halides is 3. The zero-order valence-corrected chi connectivity index (χ0v) is 8.93. The van der Waals surface area contributed by atoms with Crippen LogP contribution in [0.2, 0.25) is 0 Å². The first-order valence-electron chi connectivity index (χ1n) is 3.86. The summed E-state index contributed by atoms with van der Waals surface area (Å²) < 4.78 is 40.3. The van der Waals surface area contributed by atoms with Crippen molar-refractivity contribution in [2.45, 2.75) is 6.18 Å². The maximum atomic E-state index is 11.8. The Kier molecular flexibility index (Phi) is 3.73. The second kappa shape index (κ2) is 4.65. The van der Waals surface area contributed by atoms with Gasteiger partial charge < -0.3 is 4.74 Å². The van der Waals surface area contributed by atoms with Gasteiger partial charge in [0.05, 0.1) is 0 Å². The standard InChI is InChI=1S/C9H6BrF3O2/c10-8-3-7(2-1-6(8)4-14)15-5-9(11,12)13/h1-4H,5H2. The molecule has 1 aromatic carbocycles. The van der Waals surface area contributed by atoms with Gasteiger partial charge in [0.15, 0.2) is 12.9 Å². The first-order chi connectivity index (χ1) is 6.92. The van der Waals surface area contributed by atoms with E-state index < -0.39 is 12.8 Å². The van der Waals surface area contributed by atoms with E-state index >= 15 is 0 Å². The molecule has 0 atom stereocenters. The molecule has 0 amide bonds. The van der Waals surface area contributed by atoms with Gasteiger partial charge in [-0.1, -0.05) is 0 Å². The van der Waals surface area contributed by atoms with Crippen molar-refractivity contribution in [3.63, 3.8) is 0 Å². The van der Waals surface area contributed by atoms with Gasteiger partial charge in [0.25, 0.3) is 0 Å². The minimum absolute atomic E-state index is 0.0600. The summed E-state index contributed by atoms with van der Waals surface area (Å²) in [5.74, 6) is 0.0600. The second-order valence-corrected chi connectivity index (χ2v) is 3.56. The van der Waals surface area contributed by atoms with E-state index in [1.54, 1.807) is 0 Å². The molecule has 0 aromatic heterocycles. The van der Waals surface area contributed by atoms with E-state index in [0.29, 0.717) is 16.3 Å². The third-order valence-electron chi connectivity index (χ3n) is 1.50. The molecule has 0 heterocycles. The smallest absolute Gasteiger partial charge is 0.422 e. The molecule has 6 heteroatoms. The van der Waals surface area contributed by atoms with Gasteiger partial charge in [-0.15, -0.1) is 0 Å². The fourth-order valence-electron chi connectivity index (χ4n) is 0.858. The number of hydrogen-bond donors (Lipinski definition) is 0. The van der Waals surface area contributed by atoms with Crippen LogP contribution in [0.3, 0.4) is 0 Å². The predicted octanol–water partition coefficient (Wildman–Crippen LogP) is 3.20. The molecular weight excluding hydrogens is 277 g/mol. The maximum Gasteiger partial charge on any atom is 0.422 e. The van der Waals surface area contributed by atoms with Crippen molar-refractivity contribution >= 4 is 22.2 Å². The molecule has 2 nitrogen and oxygen atoms in total. The molecule has 0 unspecified atom stereocenters. The van der Waals surface area contributed by atoms with Gasteiger partial charge in [-0.05, 0) is 34.1 Å². The minimum Gasteiger partial charge on any atom is -0.484 e. The molecule has 0 N–H and O–H groups in total. The number of ether oxygens (including phenoxy) is 1. The van der Waals surface area contributed by atoms with Crippen LogP contribution in [-0.4, -0.2) is 19.1 Å². The van der Waals surface area contributed by atoms with Crippen LogP contribution in [0.25, 0.3) is 0 Å². The van der Waals surface area contributed by atoms with E-state index in [9.17, 15) is 18.0 Å². The van der Waals surface area contributed by atoms with Crippen LogP contribution in [0, 0.1) is 0 Å². The average molecular weight is 283 g/mol. The van der Waals surface area contributed by atoms with Crippen LogP contribution in [0.15, 0.2) is 22.7 Å². The van der Waals surface area contributed by atoms with Crippen molar-refractivity contribution in [3.05, 3.63) is 28.2 Å². The summed E-state index contributed by atoms with van der Waals surface area (Å²) in [7, 11) is 0. The van der Waals surface area contributed by atoms with Gasteiger partial charge in [-0.25, -0.2) is 0 Å². The highest BCUT2D eigenvalue weighted by Crippen LogP contribution is 2.23. The van der Waals surface area contributed by atoms with Crippen molar-refractivity contribution in [2.24, 2.45) is 0 Å². The fourth-order valence-corrected chi connectivity index (χ4v) is 1.31. The Morgan fingerprint density at radius 3 is 2.53 bits per heavy atom. The molecule has 0 fully saturated rings. The van der Waals surface area contributed by atoms with Gasteiger partial charge in [-0.2, -0.15) is 13.2 Å². The van der Waals surface area contributed by atoms with Gasteiger partial charge in [0, 0.05) is 10.0 Å². The Bertz CT molecular complexity index is 363. The molecule has 0 aliphatic rings. The number of rotatable bonds is 3. The molecule has 0 bridgehead atoms. The predicted molar refractivity (Wildman–Crippen MR) is 51.1 cm³/mol. The summed E-state index contributed by atoms with van der Waals surface area (Å²) in [4.78, 5) is 10.4. The monoisotopic (exact) mass is 282 g/mol. The third-order valence-corrected chi connectivity index (χ3v) is 2.19. The molecule has 0 saturated carbocycles. The van der Waals surface area contributed by atoms with E-state index in [2.05, 4.69) is 20.7 Å². The highest BCUT2D eigenvalue weighted by molar-refractivity contribution is 9.10. The van der Waals surface area contributed by atoms with Crippen LogP contribution in [0.1, 0.15) is 10.4 Å². The molecule has 15 heavy (non-hydrogen) atoms. The SMILES string of the molecule is O=Cc1ccc(OCC(F)(F)F)cc1Br. The largest absolute Gasteiger partial charge is 0.484 e. The molecule has 0 saturated heterocycles. The Hall–Kier alpha value is -1.04. The number of carbonyl (C=O) groups is 1. The van der Waals surface area contributed by atoms with E-state index in [-0.39, 0.29) is 5.75 Å². The van der Waals surface area contributed by atoms with Crippen molar-refractivity contribution in [3.8, 4) is 5.75 Å². The molecule has 0 aliphatic carbocycles. The van der Waals surface area contributed by atoms with E-state index in [4.69, 9.17) is 0 Å². The van der Waals surface area contributed by atoms with Crippen LogP contribution in [-0.2, 0) is 0 Å². The third kappa shape index (κ3) is 3.91. The number of benzene rings is 1. The highest BCUT2D eigenvalue weighted by Gasteiger charge is 2.28. The molecule has 1 aromatic rings. The summed E-state index contributed by atoms with van der Waals surface area (Å²) in [6.45, 7) is -1.35. The van der Waals surface area contributed by atoms with Crippen LogP contribution in [0.4, 0.5) is 13.2 Å². The van der Waals surface area contributed by atoms with E-state index in [0.717, 1.165) is 0 Å². The lowest BCUT2D eigenvalue weighted by Crippen LogP contribution is -2.19. The van der Waals surface area contributed by atoms with Crippen molar-refractivity contribution < 1.29 is 22.7 Å². The van der Waals surface area contributed by atoms with E-state index in [1.165, 1.54) is 18.2 Å².